The highest BCUT2D eigenvalue weighted by atomic mass is 16.7. The Balaban J connectivity index is 2.79. The summed E-state index contributed by atoms with van der Waals surface area (Å²) in [5, 5.41) is 9.31. The molecule has 0 aliphatic carbocycles. The maximum atomic E-state index is 10.3. The first kappa shape index (κ1) is 9.54. The highest BCUT2D eigenvalue weighted by molar-refractivity contribution is 5.76. The van der Waals surface area contributed by atoms with Gasteiger partial charge >= 0.3 is 0 Å². The van der Waals surface area contributed by atoms with Crippen LogP contribution >= 0.6 is 0 Å². The summed E-state index contributed by atoms with van der Waals surface area (Å²) in [7, 11) is 1.48. The molecule has 0 spiro atoms. The van der Waals surface area contributed by atoms with Crippen LogP contribution in [0.3, 0.4) is 0 Å². The lowest BCUT2D eigenvalue weighted by Gasteiger charge is -2.06. The minimum atomic E-state index is -0.0679. The second-order valence-corrected chi connectivity index (χ2v) is 2.40. The van der Waals surface area contributed by atoms with Crippen molar-refractivity contribution in [2.45, 2.75) is 0 Å². The van der Waals surface area contributed by atoms with Crippen LogP contribution in [0.4, 0.5) is 0 Å². The van der Waals surface area contributed by atoms with Gasteiger partial charge < -0.3 is 14.6 Å². The standard InChI is InChI=1S/C9H10O4/c1-12-6-13-9-3-2-7(5-10)4-8(9)11/h2-5,11H,6H2,1H3. The van der Waals surface area contributed by atoms with E-state index in [2.05, 4.69) is 4.74 Å². The zero-order valence-corrected chi connectivity index (χ0v) is 7.19. The van der Waals surface area contributed by atoms with E-state index in [-0.39, 0.29) is 12.5 Å². The lowest BCUT2D eigenvalue weighted by molar-refractivity contribution is 0.0492. The molecule has 0 unspecified atom stereocenters. The number of carbonyl (C=O) groups excluding carboxylic acids is 1. The van der Waals surface area contributed by atoms with Crippen LogP contribution in [0, 0.1) is 0 Å². The highest BCUT2D eigenvalue weighted by Crippen LogP contribution is 2.25. The van der Waals surface area contributed by atoms with E-state index < -0.39 is 0 Å². The first-order chi connectivity index (χ1) is 6.27. The fraction of sp³-hybridized carbons (Fsp3) is 0.222. The first-order valence-electron chi connectivity index (χ1n) is 3.68. The molecule has 1 aromatic rings. The van der Waals surface area contributed by atoms with Crippen molar-refractivity contribution in [3.8, 4) is 11.5 Å². The van der Waals surface area contributed by atoms with Crippen LogP contribution in [-0.4, -0.2) is 25.3 Å². The molecule has 1 rings (SSSR count). The Morgan fingerprint density at radius 1 is 1.54 bits per heavy atom. The number of aromatic hydroxyl groups is 1. The monoisotopic (exact) mass is 182 g/mol. The molecular formula is C9H10O4. The third-order valence-electron chi connectivity index (χ3n) is 1.45. The molecule has 4 nitrogen and oxygen atoms in total. The highest BCUT2D eigenvalue weighted by Gasteiger charge is 2.02. The average Bonchev–Trinajstić information content (AvgIpc) is 2.16. The zero-order chi connectivity index (χ0) is 9.68. The minimum absolute atomic E-state index is 0.0635. The Morgan fingerprint density at radius 2 is 2.31 bits per heavy atom. The third kappa shape index (κ3) is 2.45. The molecule has 0 aliphatic rings. The summed E-state index contributed by atoms with van der Waals surface area (Å²) in [5.74, 6) is 0.231. The quantitative estimate of drug-likeness (QED) is 0.561. The predicted molar refractivity (Wildman–Crippen MR) is 46.0 cm³/mol. The van der Waals surface area contributed by atoms with E-state index in [1.54, 1.807) is 6.07 Å². The van der Waals surface area contributed by atoms with Crippen LogP contribution in [0.2, 0.25) is 0 Å². The van der Waals surface area contributed by atoms with Gasteiger partial charge in [-0.3, -0.25) is 4.79 Å². The summed E-state index contributed by atoms with van der Waals surface area (Å²) >= 11 is 0. The Labute approximate surface area is 75.7 Å². The van der Waals surface area contributed by atoms with Crippen molar-refractivity contribution in [2.75, 3.05) is 13.9 Å². The molecule has 0 amide bonds. The molecule has 0 aromatic heterocycles. The molecule has 0 bridgehead atoms. The number of rotatable bonds is 4. The van der Waals surface area contributed by atoms with Crippen LogP contribution in [0.25, 0.3) is 0 Å². The molecule has 0 aliphatic heterocycles. The maximum absolute atomic E-state index is 10.3. The first-order valence-corrected chi connectivity index (χ1v) is 3.68. The smallest absolute Gasteiger partial charge is 0.188 e. The van der Waals surface area contributed by atoms with E-state index in [0.29, 0.717) is 17.6 Å². The van der Waals surface area contributed by atoms with Crippen LogP contribution < -0.4 is 4.74 Å². The molecule has 13 heavy (non-hydrogen) atoms. The Kier molecular flexibility index (Phi) is 3.28. The van der Waals surface area contributed by atoms with Crippen LogP contribution in [0.5, 0.6) is 11.5 Å². The summed E-state index contributed by atoms with van der Waals surface area (Å²) in [6, 6.07) is 4.40. The Morgan fingerprint density at radius 3 is 2.85 bits per heavy atom. The molecular weight excluding hydrogens is 172 g/mol. The summed E-state index contributed by atoms with van der Waals surface area (Å²) in [6.07, 6.45) is 0.653. The van der Waals surface area contributed by atoms with Gasteiger partial charge in [-0.1, -0.05) is 0 Å². The molecule has 4 heteroatoms. The van der Waals surface area contributed by atoms with E-state index >= 15 is 0 Å². The number of phenolic OH excluding ortho intramolecular Hbond substituents is 1. The second kappa shape index (κ2) is 4.47. The molecule has 0 heterocycles. The van der Waals surface area contributed by atoms with Crippen LogP contribution in [0.1, 0.15) is 10.4 Å². The Bertz CT molecular complexity index is 296. The van der Waals surface area contributed by atoms with Crippen LogP contribution in [-0.2, 0) is 4.74 Å². The van der Waals surface area contributed by atoms with E-state index in [0.717, 1.165) is 0 Å². The van der Waals surface area contributed by atoms with Crippen molar-refractivity contribution in [2.24, 2.45) is 0 Å². The van der Waals surface area contributed by atoms with Crippen molar-refractivity contribution in [3.05, 3.63) is 23.8 Å². The topological polar surface area (TPSA) is 55.8 Å². The lowest BCUT2D eigenvalue weighted by Crippen LogP contribution is -1.99. The number of hydrogen-bond donors (Lipinski definition) is 1. The van der Waals surface area contributed by atoms with E-state index in [1.807, 2.05) is 0 Å². The van der Waals surface area contributed by atoms with Crippen molar-refractivity contribution < 1.29 is 19.4 Å². The third-order valence-corrected chi connectivity index (χ3v) is 1.45. The van der Waals surface area contributed by atoms with Gasteiger partial charge in [0, 0.05) is 12.7 Å². The van der Waals surface area contributed by atoms with Gasteiger partial charge in [0.25, 0.3) is 0 Å². The lowest BCUT2D eigenvalue weighted by atomic mass is 10.2. The van der Waals surface area contributed by atoms with Crippen molar-refractivity contribution in [1.29, 1.82) is 0 Å². The van der Waals surface area contributed by atoms with E-state index in [4.69, 9.17) is 4.74 Å². The van der Waals surface area contributed by atoms with Crippen molar-refractivity contribution in [1.82, 2.24) is 0 Å². The van der Waals surface area contributed by atoms with Gasteiger partial charge in [-0.2, -0.15) is 0 Å². The summed E-state index contributed by atoms with van der Waals surface area (Å²) < 4.78 is 9.65. The van der Waals surface area contributed by atoms with Gasteiger partial charge in [-0.15, -0.1) is 0 Å². The fourth-order valence-electron chi connectivity index (χ4n) is 0.852. The van der Waals surface area contributed by atoms with Gasteiger partial charge in [0.15, 0.2) is 18.3 Å². The van der Waals surface area contributed by atoms with Gasteiger partial charge in [0.2, 0.25) is 0 Å². The SMILES string of the molecule is COCOc1ccc(C=O)cc1O. The van der Waals surface area contributed by atoms with Gasteiger partial charge in [0.05, 0.1) is 0 Å². The van der Waals surface area contributed by atoms with Gasteiger partial charge in [0.1, 0.15) is 6.29 Å². The number of phenols is 1. The second-order valence-electron chi connectivity index (χ2n) is 2.40. The molecule has 0 radical (unpaired) electrons. The fourth-order valence-corrected chi connectivity index (χ4v) is 0.852. The molecule has 0 saturated carbocycles. The van der Waals surface area contributed by atoms with E-state index in [1.165, 1.54) is 19.2 Å². The summed E-state index contributed by atoms with van der Waals surface area (Å²) in [6.45, 7) is 0.0635. The summed E-state index contributed by atoms with van der Waals surface area (Å²) in [5.41, 5.74) is 0.405. The van der Waals surface area contributed by atoms with Gasteiger partial charge in [-0.05, 0) is 18.2 Å². The molecule has 1 aromatic carbocycles. The number of benzene rings is 1. The number of hydrogen-bond acceptors (Lipinski definition) is 4. The number of carbonyl (C=O) groups is 1. The van der Waals surface area contributed by atoms with Crippen LogP contribution in [0.15, 0.2) is 18.2 Å². The van der Waals surface area contributed by atoms with E-state index in [9.17, 15) is 9.90 Å². The number of ether oxygens (including phenoxy) is 2. The molecule has 0 atom stereocenters. The molecule has 0 fully saturated rings. The number of methoxy groups -OCH3 is 1. The normalized spacial score (nSPS) is 9.62. The molecule has 0 saturated heterocycles. The number of aldehydes is 1. The zero-order valence-electron chi connectivity index (χ0n) is 7.19. The minimum Gasteiger partial charge on any atom is -0.504 e. The molecule has 1 N–H and O–H groups in total. The Hall–Kier alpha value is -1.55. The predicted octanol–water partition coefficient (Wildman–Crippen LogP) is 1.19. The van der Waals surface area contributed by atoms with Crippen molar-refractivity contribution >= 4 is 6.29 Å². The summed E-state index contributed by atoms with van der Waals surface area (Å²) in [4.78, 5) is 10.3. The van der Waals surface area contributed by atoms with Gasteiger partial charge in [-0.25, -0.2) is 0 Å². The largest absolute Gasteiger partial charge is 0.504 e. The average molecular weight is 182 g/mol. The van der Waals surface area contributed by atoms with Crippen molar-refractivity contribution in [3.63, 3.8) is 0 Å². The maximum Gasteiger partial charge on any atom is 0.188 e. The molecule has 70 valence electrons.